The molecular formula is C39H70O3. The van der Waals surface area contributed by atoms with E-state index in [1.807, 2.05) is 13.0 Å². The van der Waals surface area contributed by atoms with Gasteiger partial charge in [0.25, 0.3) is 0 Å². The van der Waals surface area contributed by atoms with Crippen LogP contribution in [0.15, 0.2) is 30.3 Å². The van der Waals surface area contributed by atoms with E-state index in [4.69, 9.17) is 9.47 Å². The molecule has 1 rings (SSSR count). The van der Waals surface area contributed by atoms with Crippen LogP contribution >= 0.6 is 0 Å². The third-order valence-electron chi connectivity index (χ3n) is 8.72. The van der Waals surface area contributed by atoms with E-state index in [2.05, 4.69) is 38.1 Å². The van der Waals surface area contributed by atoms with E-state index in [0.29, 0.717) is 13.0 Å². The van der Waals surface area contributed by atoms with Crippen LogP contribution in [0.3, 0.4) is 0 Å². The average Bonchev–Trinajstić information content (AvgIpc) is 3.00. The van der Waals surface area contributed by atoms with Crippen molar-refractivity contribution in [3.8, 4) is 0 Å². The minimum absolute atomic E-state index is 0.0419. The van der Waals surface area contributed by atoms with Crippen molar-refractivity contribution >= 4 is 5.97 Å². The van der Waals surface area contributed by atoms with Crippen LogP contribution in [0.5, 0.6) is 0 Å². The van der Waals surface area contributed by atoms with Gasteiger partial charge in [0.15, 0.2) is 0 Å². The van der Waals surface area contributed by atoms with Gasteiger partial charge < -0.3 is 9.47 Å². The highest BCUT2D eigenvalue weighted by atomic mass is 16.6. The SMILES string of the molecule is CCCCCCCCCCCCCCCCCC(=O)OC(C)C(CCCCCCCCCCC)OCc1ccccc1. The Morgan fingerprint density at radius 1 is 0.571 bits per heavy atom. The normalized spacial score (nSPS) is 12.8. The Balaban J connectivity index is 2.15. The third-order valence-corrected chi connectivity index (χ3v) is 8.72. The second-order valence-electron chi connectivity index (χ2n) is 12.8. The van der Waals surface area contributed by atoms with E-state index in [1.54, 1.807) is 0 Å². The molecular weight excluding hydrogens is 516 g/mol. The van der Waals surface area contributed by atoms with Crippen LogP contribution in [-0.2, 0) is 20.9 Å². The number of rotatable bonds is 31. The van der Waals surface area contributed by atoms with Gasteiger partial charge in [-0.25, -0.2) is 0 Å². The van der Waals surface area contributed by atoms with Crippen LogP contribution in [0.1, 0.15) is 193 Å². The summed E-state index contributed by atoms with van der Waals surface area (Å²) in [7, 11) is 0. The summed E-state index contributed by atoms with van der Waals surface area (Å²) >= 11 is 0. The zero-order chi connectivity index (χ0) is 30.4. The van der Waals surface area contributed by atoms with Crippen molar-refractivity contribution in [1.82, 2.24) is 0 Å². The molecule has 2 atom stereocenters. The molecule has 0 bridgehead atoms. The number of carbonyl (C=O) groups excluding carboxylic acids is 1. The zero-order valence-electron chi connectivity index (χ0n) is 28.4. The standard InChI is InChI=1S/C39H70O3/c1-4-6-8-10-12-14-15-16-17-18-19-21-23-25-30-34-39(40)42-36(3)38(41-35-37-31-27-26-28-32-37)33-29-24-22-20-13-11-9-7-5-2/h26-28,31-32,36,38H,4-25,29-30,33-35H2,1-3H3. The number of benzene rings is 1. The number of esters is 1. The molecule has 0 saturated carbocycles. The molecule has 0 spiro atoms. The summed E-state index contributed by atoms with van der Waals surface area (Å²) in [5.41, 5.74) is 1.17. The average molecular weight is 587 g/mol. The van der Waals surface area contributed by atoms with E-state index < -0.39 is 0 Å². The molecule has 3 nitrogen and oxygen atoms in total. The van der Waals surface area contributed by atoms with Crippen molar-refractivity contribution in [1.29, 1.82) is 0 Å². The second kappa shape index (κ2) is 29.7. The predicted octanol–water partition coefficient (Wildman–Crippen LogP) is 12.7. The molecule has 2 unspecified atom stereocenters. The monoisotopic (exact) mass is 587 g/mol. The highest BCUT2D eigenvalue weighted by molar-refractivity contribution is 5.69. The second-order valence-corrected chi connectivity index (χ2v) is 12.8. The summed E-state index contributed by atoms with van der Waals surface area (Å²) in [6.45, 7) is 7.15. The molecule has 0 fully saturated rings. The lowest BCUT2D eigenvalue weighted by molar-refractivity contribution is -0.157. The molecule has 0 heterocycles. The number of unbranched alkanes of at least 4 members (excludes halogenated alkanes) is 22. The number of ether oxygens (including phenoxy) is 2. The summed E-state index contributed by atoms with van der Waals surface area (Å²) < 4.78 is 12.2. The molecule has 3 heteroatoms. The Labute approximate surface area is 262 Å². The molecule has 1 aromatic rings. The van der Waals surface area contributed by atoms with Crippen molar-refractivity contribution in [2.75, 3.05) is 0 Å². The fraction of sp³-hybridized carbons (Fsp3) is 0.821. The van der Waals surface area contributed by atoms with Gasteiger partial charge in [-0.05, 0) is 25.3 Å². The van der Waals surface area contributed by atoms with Crippen LogP contribution in [-0.4, -0.2) is 18.2 Å². The van der Waals surface area contributed by atoms with E-state index in [0.717, 1.165) is 25.7 Å². The summed E-state index contributed by atoms with van der Waals surface area (Å²) in [5.74, 6) is -0.0578. The molecule has 0 aliphatic carbocycles. The molecule has 0 radical (unpaired) electrons. The van der Waals surface area contributed by atoms with E-state index in [-0.39, 0.29) is 18.2 Å². The maximum atomic E-state index is 12.6. The maximum absolute atomic E-state index is 12.6. The van der Waals surface area contributed by atoms with Crippen molar-refractivity contribution in [2.24, 2.45) is 0 Å². The zero-order valence-corrected chi connectivity index (χ0v) is 28.4. The van der Waals surface area contributed by atoms with Crippen LogP contribution in [0.2, 0.25) is 0 Å². The topological polar surface area (TPSA) is 35.5 Å². The molecule has 42 heavy (non-hydrogen) atoms. The Hall–Kier alpha value is -1.35. The van der Waals surface area contributed by atoms with Crippen molar-refractivity contribution < 1.29 is 14.3 Å². The smallest absolute Gasteiger partial charge is 0.306 e. The number of carbonyl (C=O) groups is 1. The van der Waals surface area contributed by atoms with Gasteiger partial charge in [0.1, 0.15) is 6.10 Å². The van der Waals surface area contributed by atoms with E-state index in [1.165, 1.54) is 140 Å². The molecule has 0 aromatic heterocycles. The van der Waals surface area contributed by atoms with Crippen molar-refractivity contribution in [3.63, 3.8) is 0 Å². The Kier molecular flexibility index (Phi) is 27.4. The minimum atomic E-state index is -0.202. The van der Waals surface area contributed by atoms with Crippen LogP contribution in [0.4, 0.5) is 0 Å². The molecule has 0 N–H and O–H groups in total. The van der Waals surface area contributed by atoms with Gasteiger partial charge in [0, 0.05) is 6.42 Å². The summed E-state index contributed by atoms with van der Waals surface area (Å²) in [5, 5.41) is 0. The molecule has 0 saturated heterocycles. The van der Waals surface area contributed by atoms with Gasteiger partial charge in [-0.1, -0.05) is 192 Å². The van der Waals surface area contributed by atoms with E-state index >= 15 is 0 Å². The summed E-state index contributed by atoms with van der Waals surface area (Å²) in [4.78, 5) is 12.6. The molecule has 244 valence electrons. The molecule has 1 aromatic carbocycles. The number of hydrogen-bond acceptors (Lipinski definition) is 3. The van der Waals surface area contributed by atoms with Gasteiger partial charge >= 0.3 is 5.97 Å². The predicted molar refractivity (Wildman–Crippen MR) is 182 cm³/mol. The van der Waals surface area contributed by atoms with E-state index in [9.17, 15) is 4.79 Å². The largest absolute Gasteiger partial charge is 0.460 e. The Morgan fingerprint density at radius 3 is 1.43 bits per heavy atom. The lowest BCUT2D eigenvalue weighted by atomic mass is 10.0. The Morgan fingerprint density at radius 2 is 0.976 bits per heavy atom. The summed E-state index contributed by atoms with van der Waals surface area (Å²) in [6.07, 6.45) is 33.1. The molecule has 0 aliphatic heterocycles. The first kappa shape index (κ1) is 38.7. The maximum Gasteiger partial charge on any atom is 0.306 e. The van der Waals surface area contributed by atoms with Crippen LogP contribution in [0.25, 0.3) is 0 Å². The lowest BCUT2D eigenvalue weighted by Gasteiger charge is -2.25. The Bertz CT molecular complexity index is 688. The minimum Gasteiger partial charge on any atom is -0.460 e. The quantitative estimate of drug-likeness (QED) is 0.0641. The highest BCUT2D eigenvalue weighted by Gasteiger charge is 2.21. The molecule has 0 amide bonds. The van der Waals surface area contributed by atoms with Crippen LogP contribution < -0.4 is 0 Å². The lowest BCUT2D eigenvalue weighted by Crippen LogP contribution is -2.31. The van der Waals surface area contributed by atoms with Crippen molar-refractivity contribution in [2.45, 2.75) is 207 Å². The fourth-order valence-electron chi connectivity index (χ4n) is 5.87. The first-order chi connectivity index (χ1) is 20.7. The fourth-order valence-corrected chi connectivity index (χ4v) is 5.87. The number of hydrogen-bond donors (Lipinski definition) is 0. The van der Waals surface area contributed by atoms with Gasteiger partial charge in [-0.2, -0.15) is 0 Å². The van der Waals surface area contributed by atoms with Gasteiger partial charge in [-0.15, -0.1) is 0 Å². The highest BCUT2D eigenvalue weighted by Crippen LogP contribution is 2.19. The third kappa shape index (κ3) is 24.1. The van der Waals surface area contributed by atoms with Gasteiger partial charge in [0.2, 0.25) is 0 Å². The summed E-state index contributed by atoms with van der Waals surface area (Å²) in [6, 6.07) is 10.3. The first-order valence-corrected chi connectivity index (χ1v) is 18.5. The first-order valence-electron chi connectivity index (χ1n) is 18.5. The van der Waals surface area contributed by atoms with Crippen LogP contribution in [0, 0.1) is 0 Å². The van der Waals surface area contributed by atoms with Gasteiger partial charge in [0.05, 0.1) is 12.7 Å². The van der Waals surface area contributed by atoms with Crippen molar-refractivity contribution in [3.05, 3.63) is 35.9 Å². The molecule has 0 aliphatic rings. The van der Waals surface area contributed by atoms with Gasteiger partial charge in [-0.3, -0.25) is 4.79 Å².